The van der Waals surface area contributed by atoms with Crippen LogP contribution in [0.15, 0.2) is 0 Å². The molecule has 1 heterocycles. The molecule has 0 saturated carbocycles. The first-order valence-corrected chi connectivity index (χ1v) is 4.44. The predicted octanol–water partition coefficient (Wildman–Crippen LogP) is 0.265. The SMILES string of the molecule is CCCCN1C(=O)NC[C@H]1C(=O)O. The zero-order valence-electron chi connectivity index (χ0n) is 7.62. The van der Waals surface area contributed by atoms with Crippen LogP contribution in [0, 0.1) is 0 Å². The molecule has 5 heteroatoms. The van der Waals surface area contributed by atoms with E-state index in [0.29, 0.717) is 6.54 Å². The van der Waals surface area contributed by atoms with Gasteiger partial charge in [-0.25, -0.2) is 9.59 Å². The summed E-state index contributed by atoms with van der Waals surface area (Å²) in [5, 5.41) is 11.3. The van der Waals surface area contributed by atoms with E-state index in [2.05, 4.69) is 5.32 Å². The van der Waals surface area contributed by atoms with Gasteiger partial charge in [-0.3, -0.25) is 0 Å². The second-order valence-corrected chi connectivity index (χ2v) is 3.09. The summed E-state index contributed by atoms with van der Waals surface area (Å²) in [5.41, 5.74) is 0. The van der Waals surface area contributed by atoms with E-state index in [0.717, 1.165) is 12.8 Å². The molecule has 1 rings (SSSR count). The van der Waals surface area contributed by atoms with E-state index >= 15 is 0 Å². The Morgan fingerprint density at radius 1 is 1.77 bits per heavy atom. The fraction of sp³-hybridized carbons (Fsp3) is 0.750. The van der Waals surface area contributed by atoms with E-state index in [4.69, 9.17) is 5.11 Å². The van der Waals surface area contributed by atoms with Gasteiger partial charge in [0.15, 0.2) is 0 Å². The molecule has 1 fully saturated rings. The molecule has 2 N–H and O–H groups in total. The van der Waals surface area contributed by atoms with Gasteiger partial charge >= 0.3 is 12.0 Å². The summed E-state index contributed by atoms with van der Waals surface area (Å²) < 4.78 is 0. The number of aliphatic carboxylic acids is 1. The van der Waals surface area contributed by atoms with E-state index in [1.54, 1.807) is 0 Å². The smallest absolute Gasteiger partial charge is 0.328 e. The van der Waals surface area contributed by atoms with Gasteiger partial charge in [-0.2, -0.15) is 0 Å². The lowest BCUT2D eigenvalue weighted by molar-refractivity contribution is -0.141. The van der Waals surface area contributed by atoms with E-state index in [1.807, 2.05) is 6.92 Å². The molecule has 0 aromatic heterocycles. The molecular weight excluding hydrogens is 172 g/mol. The highest BCUT2D eigenvalue weighted by Gasteiger charge is 2.34. The molecule has 2 amide bonds. The second-order valence-electron chi connectivity index (χ2n) is 3.09. The minimum Gasteiger partial charge on any atom is -0.480 e. The van der Waals surface area contributed by atoms with Crippen LogP contribution in [0.5, 0.6) is 0 Å². The Morgan fingerprint density at radius 3 is 3.00 bits per heavy atom. The van der Waals surface area contributed by atoms with Crippen molar-refractivity contribution < 1.29 is 14.7 Å². The first-order chi connectivity index (χ1) is 6.16. The van der Waals surface area contributed by atoms with Gasteiger partial charge in [-0.1, -0.05) is 13.3 Å². The second kappa shape index (κ2) is 4.11. The lowest BCUT2D eigenvalue weighted by Crippen LogP contribution is -2.40. The number of unbranched alkanes of at least 4 members (excludes halogenated alkanes) is 1. The third-order valence-electron chi connectivity index (χ3n) is 2.12. The van der Waals surface area contributed by atoms with Crippen molar-refractivity contribution in [1.82, 2.24) is 10.2 Å². The maximum atomic E-state index is 11.1. The van der Waals surface area contributed by atoms with Crippen LogP contribution in [-0.2, 0) is 4.79 Å². The lowest BCUT2D eigenvalue weighted by atomic mass is 10.2. The first kappa shape index (κ1) is 9.83. The van der Waals surface area contributed by atoms with Gasteiger partial charge in [0.2, 0.25) is 0 Å². The third kappa shape index (κ3) is 2.11. The van der Waals surface area contributed by atoms with Crippen molar-refractivity contribution in [3.05, 3.63) is 0 Å². The molecule has 13 heavy (non-hydrogen) atoms. The minimum absolute atomic E-state index is 0.220. The summed E-state index contributed by atoms with van der Waals surface area (Å²) in [6.07, 6.45) is 1.80. The normalized spacial score (nSPS) is 21.8. The largest absolute Gasteiger partial charge is 0.480 e. The molecule has 0 aromatic rings. The van der Waals surface area contributed by atoms with Gasteiger partial charge in [0.05, 0.1) is 6.54 Å². The molecule has 0 bridgehead atoms. The van der Waals surface area contributed by atoms with Crippen LogP contribution in [-0.4, -0.2) is 41.1 Å². The molecule has 74 valence electrons. The summed E-state index contributed by atoms with van der Waals surface area (Å²) in [4.78, 5) is 23.2. The van der Waals surface area contributed by atoms with E-state index in [1.165, 1.54) is 4.90 Å². The van der Waals surface area contributed by atoms with Gasteiger partial charge < -0.3 is 15.3 Å². The van der Waals surface area contributed by atoms with E-state index < -0.39 is 12.0 Å². The predicted molar refractivity (Wildman–Crippen MR) is 46.4 cm³/mol. The van der Waals surface area contributed by atoms with Crippen molar-refractivity contribution in [1.29, 1.82) is 0 Å². The molecular formula is C8H14N2O3. The molecule has 1 saturated heterocycles. The number of hydrogen-bond acceptors (Lipinski definition) is 2. The van der Waals surface area contributed by atoms with E-state index in [9.17, 15) is 9.59 Å². The number of carboxylic acids is 1. The molecule has 0 aromatic carbocycles. The molecule has 0 aliphatic carbocycles. The van der Waals surface area contributed by atoms with Crippen LogP contribution < -0.4 is 5.32 Å². The van der Waals surface area contributed by atoms with Gasteiger partial charge in [0.25, 0.3) is 0 Å². The Balaban J connectivity index is 2.55. The average Bonchev–Trinajstić information content (AvgIpc) is 2.43. The maximum Gasteiger partial charge on any atom is 0.328 e. The number of amides is 2. The molecule has 1 aliphatic heterocycles. The number of hydrogen-bond donors (Lipinski definition) is 2. The zero-order valence-corrected chi connectivity index (χ0v) is 7.62. The highest BCUT2D eigenvalue weighted by molar-refractivity contribution is 5.86. The highest BCUT2D eigenvalue weighted by Crippen LogP contribution is 2.08. The van der Waals surface area contributed by atoms with E-state index in [-0.39, 0.29) is 12.6 Å². The number of nitrogens with zero attached hydrogens (tertiary/aromatic N) is 1. The zero-order chi connectivity index (χ0) is 9.84. The molecule has 1 atom stereocenters. The van der Waals surface area contributed by atoms with Gasteiger partial charge in [0, 0.05) is 6.54 Å². The number of carboxylic acid groups (broad SMARTS) is 1. The monoisotopic (exact) mass is 186 g/mol. The number of carbonyl (C=O) groups excluding carboxylic acids is 1. The van der Waals surface area contributed by atoms with Crippen molar-refractivity contribution in [3.63, 3.8) is 0 Å². The third-order valence-corrected chi connectivity index (χ3v) is 2.12. The fourth-order valence-corrected chi connectivity index (χ4v) is 1.34. The summed E-state index contributed by atoms with van der Waals surface area (Å²) in [7, 11) is 0. The minimum atomic E-state index is -0.936. The summed E-state index contributed by atoms with van der Waals surface area (Å²) in [6, 6.07) is -0.945. The molecule has 5 nitrogen and oxygen atoms in total. The molecule has 1 aliphatic rings. The lowest BCUT2D eigenvalue weighted by Gasteiger charge is -2.18. The van der Waals surface area contributed by atoms with Crippen LogP contribution in [0.2, 0.25) is 0 Å². The Hall–Kier alpha value is -1.26. The summed E-state index contributed by atoms with van der Waals surface area (Å²) in [6.45, 7) is 2.75. The summed E-state index contributed by atoms with van der Waals surface area (Å²) in [5.74, 6) is -0.936. The first-order valence-electron chi connectivity index (χ1n) is 4.44. The topological polar surface area (TPSA) is 69.6 Å². The van der Waals surface area contributed by atoms with Crippen LogP contribution in [0.1, 0.15) is 19.8 Å². The van der Waals surface area contributed by atoms with Crippen molar-refractivity contribution >= 4 is 12.0 Å². The van der Waals surface area contributed by atoms with Crippen molar-refractivity contribution in [2.45, 2.75) is 25.8 Å². The maximum absolute atomic E-state index is 11.1. The number of carbonyl (C=O) groups is 2. The number of urea groups is 1. The standard InChI is InChI=1S/C8H14N2O3/c1-2-3-4-10-6(7(11)12)5-9-8(10)13/h6H,2-5H2,1H3,(H,9,13)(H,11,12)/t6-/m0/s1. The van der Waals surface area contributed by atoms with Gasteiger partial charge in [0.1, 0.15) is 6.04 Å². The summed E-state index contributed by atoms with van der Waals surface area (Å²) >= 11 is 0. The molecule has 0 radical (unpaired) electrons. The van der Waals surface area contributed by atoms with Crippen molar-refractivity contribution in [2.24, 2.45) is 0 Å². The number of rotatable bonds is 4. The quantitative estimate of drug-likeness (QED) is 0.661. The molecule has 0 spiro atoms. The Labute approximate surface area is 76.7 Å². The van der Waals surface area contributed by atoms with Crippen molar-refractivity contribution in [2.75, 3.05) is 13.1 Å². The van der Waals surface area contributed by atoms with Gasteiger partial charge in [-0.05, 0) is 6.42 Å². The Bertz CT molecular complexity index is 217. The Morgan fingerprint density at radius 2 is 2.46 bits per heavy atom. The molecule has 0 unspecified atom stereocenters. The van der Waals surface area contributed by atoms with Crippen LogP contribution in [0.4, 0.5) is 4.79 Å². The highest BCUT2D eigenvalue weighted by atomic mass is 16.4. The van der Waals surface area contributed by atoms with Crippen LogP contribution in [0.3, 0.4) is 0 Å². The fourth-order valence-electron chi connectivity index (χ4n) is 1.34. The number of nitrogens with one attached hydrogen (secondary N) is 1. The Kier molecular flexibility index (Phi) is 3.11. The van der Waals surface area contributed by atoms with Crippen molar-refractivity contribution in [3.8, 4) is 0 Å². The van der Waals surface area contributed by atoms with Crippen LogP contribution >= 0.6 is 0 Å². The van der Waals surface area contributed by atoms with Crippen LogP contribution in [0.25, 0.3) is 0 Å². The van der Waals surface area contributed by atoms with Gasteiger partial charge in [-0.15, -0.1) is 0 Å². The average molecular weight is 186 g/mol.